The number of nitrogens with one attached hydrogen (secondary N) is 1. The smallest absolute Gasteiger partial charge is 0.270 e. The summed E-state index contributed by atoms with van der Waals surface area (Å²) < 4.78 is 0. The van der Waals surface area contributed by atoms with E-state index in [4.69, 9.17) is 11.6 Å². The van der Waals surface area contributed by atoms with Crippen molar-refractivity contribution >= 4 is 28.8 Å². The van der Waals surface area contributed by atoms with E-state index in [1.165, 1.54) is 11.3 Å². The molecular formula is C8H9ClN2OS. The van der Waals surface area contributed by atoms with E-state index >= 15 is 0 Å². The van der Waals surface area contributed by atoms with E-state index in [0.29, 0.717) is 18.1 Å². The van der Waals surface area contributed by atoms with Crippen LogP contribution >= 0.6 is 22.9 Å². The zero-order valence-corrected chi connectivity index (χ0v) is 8.44. The van der Waals surface area contributed by atoms with Crippen LogP contribution in [0.3, 0.4) is 0 Å². The average molecular weight is 217 g/mol. The topological polar surface area (TPSA) is 42.0 Å². The van der Waals surface area contributed by atoms with Gasteiger partial charge in [0.05, 0.1) is 5.51 Å². The molecule has 0 aliphatic carbocycles. The van der Waals surface area contributed by atoms with Gasteiger partial charge in [-0.15, -0.1) is 22.9 Å². The molecule has 1 aromatic heterocycles. The molecule has 5 heteroatoms. The van der Waals surface area contributed by atoms with Crippen molar-refractivity contribution in [3.8, 4) is 0 Å². The number of rotatable bonds is 4. The van der Waals surface area contributed by atoms with Gasteiger partial charge in [0.15, 0.2) is 0 Å². The second kappa shape index (κ2) is 5.72. The first kappa shape index (κ1) is 10.2. The zero-order valence-electron chi connectivity index (χ0n) is 6.87. The molecule has 1 heterocycles. The Balaban J connectivity index is 2.31. The SMILES string of the molecule is O=C(NC/C=C/CCl)c1cscn1. The lowest BCUT2D eigenvalue weighted by Gasteiger charge is -1.96. The van der Waals surface area contributed by atoms with Gasteiger partial charge in [-0.2, -0.15) is 0 Å². The van der Waals surface area contributed by atoms with E-state index in [1.54, 1.807) is 23.0 Å². The number of thiazole rings is 1. The van der Waals surface area contributed by atoms with E-state index in [2.05, 4.69) is 10.3 Å². The fourth-order valence-corrected chi connectivity index (χ4v) is 1.37. The van der Waals surface area contributed by atoms with Crippen LogP contribution in [0.5, 0.6) is 0 Å². The third-order valence-electron chi connectivity index (χ3n) is 1.30. The average Bonchev–Trinajstić information content (AvgIpc) is 2.65. The lowest BCUT2D eigenvalue weighted by Crippen LogP contribution is -2.23. The summed E-state index contributed by atoms with van der Waals surface area (Å²) in [4.78, 5) is 15.1. The minimum Gasteiger partial charge on any atom is -0.347 e. The van der Waals surface area contributed by atoms with Crippen molar-refractivity contribution < 1.29 is 4.79 Å². The summed E-state index contributed by atoms with van der Waals surface area (Å²) in [6.07, 6.45) is 3.58. The van der Waals surface area contributed by atoms with E-state index in [1.807, 2.05) is 0 Å². The number of hydrogen-bond donors (Lipinski definition) is 1. The molecule has 0 fully saturated rings. The van der Waals surface area contributed by atoms with E-state index in [9.17, 15) is 4.79 Å². The fourth-order valence-electron chi connectivity index (χ4n) is 0.713. The molecule has 0 atom stereocenters. The number of hydrogen-bond acceptors (Lipinski definition) is 3. The number of nitrogens with zero attached hydrogens (tertiary/aromatic N) is 1. The van der Waals surface area contributed by atoms with Crippen LogP contribution in [0.25, 0.3) is 0 Å². The van der Waals surface area contributed by atoms with Crippen molar-refractivity contribution in [2.24, 2.45) is 0 Å². The Morgan fingerprint density at radius 1 is 1.69 bits per heavy atom. The van der Waals surface area contributed by atoms with Crippen molar-refractivity contribution in [3.05, 3.63) is 28.7 Å². The van der Waals surface area contributed by atoms with Crippen molar-refractivity contribution in [2.75, 3.05) is 12.4 Å². The molecule has 1 rings (SSSR count). The Labute approximate surface area is 85.4 Å². The quantitative estimate of drug-likeness (QED) is 0.615. The molecule has 70 valence electrons. The van der Waals surface area contributed by atoms with Crippen molar-refractivity contribution in [3.63, 3.8) is 0 Å². The fraction of sp³-hybridized carbons (Fsp3) is 0.250. The summed E-state index contributed by atoms with van der Waals surface area (Å²) >= 11 is 6.81. The molecule has 0 radical (unpaired) electrons. The molecule has 1 amide bonds. The van der Waals surface area contributed by atoms with E-state index in [0.717, 1.165) is 0 Å². The molecule has 0 spiro atoms. The van der Waals surface area contributed by atoms with E-state index < -0.39 is 0 Å². The minimum absolute atomic E-state index is 0.152. The molecule has 13 heavy (non-hydrogen) atoms. The van der Waals surface area contributed by atoms with Crippen LogP contribution in [0.2, 0.25) is 0 Å². The van der Waals surface area contributed by atoms with Gasteiger partial charge >= 0.3 is 0 Å². The van der Waals surface area contributed by atoms with Crippen LogP contribution < -0.4 is 5.32 Å². The highest BCUT2D eigenvalue weighted by Crippen LogP contribution is 1.99. The number of allylic oxidation sites excluding steroid dienone is 1. The maximum absolute atomic E-state index is 11.2. The molecular weight excluding hydrogens is 208 g/mol. The molecule has 1 N–H and O–H groups in total. The third kappa shape index (κ3) is 3.57. The number of amides is 1. The van der Waals surface area contributed by atoms with Gasteiger partial charge in [0.2, 0.25) is 0 Å². The Morgan fingerprint density at radius 2 is 2.54 bits per heavy atom. The largest absolute Gasteiger partial charge is 0.347 e. The number of carbonyl (C=O) groups excluding carboxylic acids is 1. The van der Waals surface area contributed by atoms with Crippen LogP contribution in [-0.4, -0.2) is 23.3 Å². The maximum Gasteiger partial charge on any atom is 0.270 e. The normalized spacial score (nSPS) is 10.5. The van der Waals surface area contributed by atoms with Gasteiger partial charge in [0.1, 0.15) is 5.69 Å². The standard InChI is InChI=1S/C8H9ClN2OS/c9-3-1-2-4-10-8(12)7-5-13-6-11-7/h1-2,5-6H,3-4H2,(H,10,12)/b2-1+. The molecule has 3 nitrogen and oxygen atoms in total. The van der Waals surface area contributed by atoms with Crippen molar-refractivity contribution in [2.45, 2.75) is 0 Å². The first-order valence-electron chi connectivity index (χ1n) is 3.72. The molecule has 0 unspecified atom stereocenters. The first-order chi connectivity index (χ1) is 6.34. The third-order valence-corrected chi connectivity index (χ3v) is 2.07. The van der Waals surface area contributed by atoms with Crippen LogP contribution in [0.4, 0.5) is 0 Å². The van der Waals surface area contributed by atoms with Gasteiger partial charge in [0.25, 0.3) is 5.91 Å². The predicted octanol–water partition coefficient (Wildman–Crippen LogP) is 1.67. The Morgan fingerprint density at radius 3 is 3.15 bits per heavy atom. The summed E-state index contributed by atoms with van der Waals surface area (Å²) in [6.45, 7) is 0.489. The van der Waals surface area contributed by atoms with Gasteiger partial charge in [-0.05, 0) is 0 Å². The highest BCUT2D eigenvalue weighted by Gasteiger charge is 2.04. The van der Waals surface area contributed by atoms with Gasteiger partial charge in [-0.1, -0.05) is 12.2 Å². The molecule has 0 saturated heterocycles. The summed E-state index contributed by atoms with van der Waals surface area (Å²) in [6, 6.07) is 0. The number of alkyl halides is 1. The van der Waals surface area contributed by atoms with Crippen LogP contribution in [0, 0.1) is 0 Å². The lowest BCUT2D eigenvalue weighted by atomic mass is 10.4. The lowest BCUT2D eigenvalue weighted by molar-refractivity contribution is 0.0954. The monoisotopic (exact) mass is 216 g/mol. The Kier molecular flexibility index (Phi) is 4.49. The first-order valence-corrected chi connectivity index (χ1v) is 5.19. The highest BCUT2D eigenvalue weighted by atomic mass is 35.5. The molecule has 1 aromatic rings. The number of carbonyl (C=O) groups is 1. The van der Waals surface area contributed by atoms with Crippen LogP contribution in [-0.2, 0) is 0 Å². The minimum atomic E-state index is -0.152. The summed E-state index contributed by atoms with van der Waals surface area (Å²) in [7, 11) is 0. The van der Waals surface area contributed by atoms with Gasteiger partial charge in [-0.25, -0.2) is 4.98 Å². The molecule has 0 aliphatic heterocycles. The van der Waals surface area contributed by atoms with Gasteiger partial charge in [0, 0.05) is 17.8 Å². The van der Waals surface area contributed by atoms with Crippen molar-refractivity contribution in [1.82, 2.24) is 10.3 Å². The number of aromatic nitrogens is 1. The zero-order chi connectivity index (χ0) is 9.52. The Hall–Kier alpha value is -0.870. The van der Waals surface area contributed by atoms with Crippen molar-refractivity contribution in [1.29, 1.82) is 0 Å². The second-order valence-corrected chi connectivity index (χ2v) is 3.24. The van der Waals surface area contributed by atoms with Gasteiger partial charge in [-0.3, -0.25) is 4.79 Å². The number of halogens is 1. The molecule has 0 aliphatic rings. The predicted molar refractivity (Wildman–Crippen MR) is 54.3 cm³/mol. The second-order valence-electron chi connectivity index (χ2n) is 2.21. The Bertz CT molecular complexity index is 284. The summed E-state index contributed by atoms with van der Waals surface area (Å²) in [5.74, 6) is 0.313. The molecule has 0 bridgehead atoms. The van der Waals surface area contributed by atoms with Crippen LogP contribution in [0.15, 0.2) is 23.0 Å². The van der Waals surface area contributed by atoms with E-state index in [-0.39, 0.29) is 5.91 Å². The molecule has 0 aromatic carbocycles. The van der Waals surface area contributed by atoms with Gasteiger partial charge < -0.3 is 5.32 Å². The maximum atomic E-state index is 11.2. The summed E-state index contributed by atoms with van der Waals surface area (Å²) in [5, 5.41) is 4.39. The summed E-state index contributed by atoms with van der Waals surface area (Å²) in [5.41, 5.74) is 2.09. The van der Waals surface area contributed by atoms with Crippen LogP contribution in [0.1, 0.15) is 10.5 Å². The molecule has 0 saturated carbocycles. The highest BCUT2D eigenvalue weighted by molar-refractivity contribution is 7.07.